The van der Waals surface area contributed by atoms with E-state index in [-0.39, 0.29) is 6.04 Å². The van der Waals surface area contributed by atoms with Crippen LogP contribution in [0, 0.1) is 0 Å². The number of nitrogens with one attached hydrogen (secondary N) is 1. The molecule has 1 unspecified atom stereocenters. The second kappa shape index (κ2) is 5.75. The van der Waals surface area contributed by atoms with Gasteiger partial charge < -0.3 is 5.32 Å². The number of halogens is 2. The number of hydrogen-bond acceptors (Lipinski definition) is 1. The quantitative estimate of drug-likeness (QED) is 0.839. The average molecular weight is 280 g/mol. The molecule has 0 bridgehead atoms. The van der Waals surface area contributed by atoms with Crippen molar-refractivity contribution in [3.05, 3.63) is 58.1 Å². The molecule has 0 aromatic heterocycles. The Balaban J connectivity index is 2.37. The molecule has 0 heterocycles. The van der Waals surface area contributed by atoms with Gasteiger partial charge in [0.05, 0.1) is 0 Å². The maximum atomic E-state index is 6.32. The summed E-state index contributed by atoms with van der Waals surface area (Å²) in [5.74, 6) is 0. The molecule has 0 aliphatic rings. The van der Waals surface area contributed by atoms with E-state index in [1.807, 2.05) is 37.4 Å². The average Bonchev–Trinajstić information content (AvgIpc) is 2.38. The van der Waals surface area contributed by atoms with Crippen LogP contribution in [-0.2, 0) is 0 Å². The molecule has 0 aliphatic carbocycles. The monoisotopic (exact) mass is 279 g/mol. The molecule has 1 atom stereocenters. The molecule has 0 radical (unpaired) electrons. The van der Waals surface area contributed by atoms with Gasteiger partial charge in [-0.2, -0.15) is 0 Å². The third kappa shape index (κ3) is 2.86. The van der Waals surface area contributed by atoms with Gasteiger partial charge in [0.1, 0.15) is 0 Å². The topological polar surface area (TPSA) is 12.0 Å². The highest BCUT2D eigenvalue weighted by Crippen LogP contribution is 2.29. The molecule has 1 nitrogen and oxygen atoms in total. The van der Waals surface area contributed by atoms with E-state index in [0.717, 1.165) is 26.7 Å². The Morgan fingerprint density at radius 2 is 1.56 bits per heavy atom. The zero-order chi connectivity index (χ0) is 13.1. The summed E-state index contributed by atoms with van der Waals surface area (Å²) in [6, 6.07) is 14.1. The van der Waals surface area contributed by atoms with Gasteiger partial charge in [0, 0.05) is 16.1 Å². The molecule has 0 amide bonds. The minimum absolute atomic E-state index is 0.247. The lowest BCUT2D eigenvalue weighted by Crippen LogP contribution is -2.12. The molecule has 0 saturated carbocycles. The summed E-state index contributed by atoms with van der Waals surface area (Å²) < 4.78 is 0. The fraction of sp³-hybridized carbons (Fsp3) is 0.200. The lowest BCUT2D eigenvalue weighted by atomic mass is 10.0. The van der Waals surface area contributed by atoms with Crippen LogP contribution in [0.25, 0.3) is 11.1 Å². The molecule has 1 N–H and O–H groups in total. The van der Waals surface area contributed by atoms with E-state index in [1.54, 1.807) is 0 Å². The van der Waals surface area contributed by atoms with Crippen LogP contribution in [0.15, 0.2) is 42.5 Å². The first-order valence-electron chi connectivity index (χ1n) is 5.84. The summed E-state index contributed by atoms with van der Waals surface area (Å²) in [6.07, 6.45) is 0. The van der Waals surface area contributed by atoms with Crippen LogP contribution in [0.1, 0.15) is 18.5 Å². The molecule has 0 fully saturated rings. The summed E-state index contributed by atoms with van der Waals surface area (Å²) in [6.45, 7) is 2.09. The van der Waals surface area contributed by atoms with E-state index >= 15 is 0 Å². The smallest absolute Gasteiger partial charge is 0.0459 e. The molecule has 0 aliphatic heterocycles. The fourth-order valence-electron chi connectivity index (χ4n) is 1.86. The van der Waals surface area contributed by atoms with Crippen molar-refractivity contribution < 1.29 is 0 Å². The number of benzene rings is 2. The van der Waals surface area contributed by atoms with Gasteiger partial charge in [-0.05, 0) is 48.9 Å². The third-order valence-electron chi connectivity index (χ3n) is 3.08. The van der Waals surface area contributed by atoms with E-state index in [9.17, 15) is 0 Å². The second-order valence-electron chi connectivity index (χ2n) is 4.25. The largest absolute Gasteiger partial charge is 0.313 e. The van der Waals surface area contributed by atoms with Crippen LogP contribution in [0.2, 0.25) is 10.0 Å². The van der Waals surface area contributed by atoms with Crippen LogP contribution in [0.3, 0.4) is 0 Å². The fourth-order valence-corrected chi connectivity index (χ4v) is 2.33. The summed E-state index contributed by atoms with van der Waals surface area (Å²) in [7, 11) is 1.92. The predicted octanol–water partition coefficient (Wildman–Crippen LogP) is 4.94. The van der Waals surface area contributed by atoms with E-state index in [2.05, 4.69) is 24.4 Å². The highest BCUT2D eigenvalue weighted by Gasteiger charge is 2.08. The van der Waals surface area contributed by atoms with Gasteiger partial charge in [0.15, 0.2) is 0 Å². The van der Waals surface area contributed by atoms with Gasteiger partial charge in [-0.25, -0.2) is 0 Å². The second-order valence-corrected chi connectivity index (χ2v) is 5.10. The highest BCUT2D eigenvalue weighted by atomic mass is 35.5. The highest BCUT2D eigenvalue weighted by molar-refractivity contribution is 6.31. The van der Waals surface area contributed by atoms with Crippen molar-refractivity contribution in [1.29, 1.82) is 0 Å². The molecule has 0 spiro atoms. The first-order chi connectivity index (χ1) is 8.61. The lowest BCUT2D eigenvalue weighted by Gasteiger charge is -2.13. The van der Waals surface area contributed by atoms with Crippen LogP contribution >= 0.6 is 23.2 Å². The Labute approximate surface area is 118 Å². The minimum Gasteiger partial charge on any atom is -0.313 e. The predicted molar refractivity (Wildman–Crippen MR) is 79.4 cm³/mol. The van der Waals surface area contributed by atoms with Gasteiger partial charge in [-0.1, -0.05) is 47.5 Å². The van der Waals surface area contributed by atoms with Crippen LogP contribution in [0.5, 0.6) is 0 Å². The molecular weight excluding hydrogens is 265 g/mol. The molecular formula is C15H15Cl2N. The van der Waals surface area contributed by atoms with Gasteiger partial charge >= 0.3 is 0 Å². The first-order valence-corrected chi connectivity index (χ1v) is 6.60. The van der Waals surface area contributed by atoms with Gasteiger partial charge in [-0.3, -0.25) is 0 Å². The molecule has 0 saturated heterocycles. The molecule has 2 aromatic carbocycles. The minimum atomic E-state index is 0.247. The molecule has 94 valence electrons. The van der Waals surface area contributed by atoms with Crippen LogP contribution in [-0.4, -0.2) is 7.05 Å². The summed E-state index contributed by atoms with van der Waals surface area (Å²) in [5.41, 5.74) is 3.32. The first kappa shape index (κ1) is 13.4. The van der Waals surface area contributed by atoms with Crippen molar-refractivity contribution >= 4 is 23.2 Å². The summed E-state index contributed by atoms with van der Waals surface area (Å²) in [5, 5.41) is 4.71. The van der Waals surface area contributed by atoms with Gasteiger partial charge in [-0.15, -0.1) is 0 Å². The summed E-state index contributed by atoms with van der Waals surface area (Å²) >= 11 is 12.2. The molecule has 2 aromatic rings. The van der Waals surface area contributed by atoms with Gasteiger partial charge in [0.25, 0.3) is 0 Å². The standard InChI is InChI=1S/C15H15Cl2N/c1-10(18-2)14-8-5-12(9-15(14)17)11-3-6-13(16)7-4-11/h3-10,18H,1-2H3. The Morgan fingerprint density at radius 3 is 2.11 bits per heavy atom. The molecule has 2 rings (SSSR count). The van der Waals surface area contributed by atoms with E-state index in [0.29, 0.717) is 0 Å². The number of hydrogen-bond donors (Lipinski definition) is 1. The van der Waals surface area contributed by atoms with Crippen molar-refractivity contribution in [2.45, 2.75) is 13.0 Å². The number of rotatable bonds is 3. The third-order valence-corrected chi connectivity index (χ3v) is 3.66. The van der Waals surface area contributed by atoms with Crippen LogP contribution in [0.4, 0.5) is 0 Å². The van der Waals surface area contributed by atoms with Crippen molar-refractivity contribution in [2.24, 2.45) is 0 Å². The van der Waals surface area contributed by atoms with Crippen molar-refractivity contribution in [2.75, 3.05) is 7.05 Å². The van der Waals surface area contributed by atoms with E-state index in [1.165, 1.54) is 0 Å². The zero-order valence-electron chi connectivity index (χ0n) is 10.4. The lowest BCUT2D eigenvalue weighted by molar-refractivity contribution is 0.652. The van der Waals surface area contributed by atoms with Crippen molar-refractivity contribution in [3.8, 4) is 11.1 Å². The molecule has 3 heteroatoms. The van der Waals surface area contributed by atoms with E-state index in [4.69, 9.17) is 23.2 Å². The Hall–Kier alpha value is -1.02. The maximum Gasteiger partial charge on any atom is 0.0459 e. The Bertz CT molecular complexity index is 535. The van der Waals surface area contributed by atoms with Crippen molar-refractivity contribution in [1.82, 2.24) is 5.32 Å². The zero-order valence-corrected chi connectivity index (χ0v) is 11.9. The SMILES string of the molecule is CNC(C)c1ccc(-c2ccc(Cl)cc2)cc1Cl. The molecule has 18 heavy (non-hydrogen) atoms. The van der Waals surface area contributed by atoms with Crippen LogP contribution < -0.4 is 5.32 Å². The Morgan fingerprint density at radius 1 is 0.944 bits per heavy atom. The summed E-state index contributed by atoms with van der Waals surface area (Å²) in [4.78, 5) is 0. The van der Waals surface area contributed by atoms with E-state index < -0.39 is 0 Å². The van der Waals surface area contributed by atoms with Gasteiger partial charge in [0.2, 0.25) is 0 Å². The maximum absolute atomic E-state index is 6.32. The Kier molecular flexibility index (Phi) is 4.28. The normalized spacial score (nSPS) is 12.4. The van der Waals surface area contributed by atoms with Crippen molar-refractivity contribution in [3.63, 3.8) is 0 Å².